The molecule has 1 aromatic rings. The maximum absolute atomic E-state index is 2.56. The molecule has 0 N–H and O–H groups in total. The van der Waals surface area contributed by atoms with Gasteiger partial charge >= 0.3 is 18.9 Å². The first-order chi connectivity index (χ1) is 11.4. The zero-order valence-electron chi connectivity index (χ0n) is 19.3. The van der Waals surface area contributed by atoms with E-state index >= 15 is 0 Å². The number of fused-ring (bicyclic) bond motifs is 1. The first-order valence-electron chi connectivity index (χ1n) is 9.64. The molecule has 3 rings (SSSR count). The fourth-order valence-electron chi connectivity index (χ4n) is 4.29. The van der Waals surface area contributed by atoms with Crippen LogP contribution < -0.4 is 18.9 Å². The van der Waals surface area contributed by atoms with E-state index in [9.17, 15) is 0 Å². The van der Waals surface area contributed by atoms with Gasteiger partial charge < -0.3 is 1.43 Å². The smallest absolute Gasteiger partial charge is 1.00 e. The van der Waals surface area contributed by atoms with Crippen molar-refractivity contribution in [1.29, 1.82) is 0 Å². The Kier molecular flexibility index (Phi) is 5.65. The average Bonchev–Trinajstić information content (AvgIpc) is 3.12. The van der Waals surface area contributed by atoms with Crippen LogP contribution in [0.3, 0.4) is 0 Å². The molecule has 136 valence electrons. The van der Waals surface area contributed by atoms with Gasteiger partial charge in [0.25, 0.3) is 0 Å². The summed E-state index contributed by atoms with van der Waals surface area (Å²) in [6.07, 6.45) is 8.44. The molecule has 0 heterocycles. The summed E-state index contributed by atoms with van der Waals surface area (Å²) in [6, 6.07) is 9.03. The van der Waals surface area contributed by atoms with Gasteiger partial charge in [0, 0.05) is 5.92 Å². The average molecular weight is 342 g/mol. The van der Waals surface area contributed by atoms with Crippen LogP contribution in [-0.2, 0) is 0 Å². The molecule has 1 unspecified atom stereocenters. The van der Waals surface area contributed by atoms with E-state index in [-0.39, 0.29) is 36.5 Å². The molecule has 0 saturated heterocycles. The summed E-state index contributed by atoms with van der Waals surface area (Å²) in [5, 5.41) is 0. The summed E-state index contributed by atoms with van der Waals surface area (Å²) in [7, 11) is 0. The standard InChI is InChI=1S/C25H34.Li.H/c1-23(2,3)17-13-14-18(15-17)25(7,8)22-16-21(24(4,5)6)19-11-9-10-12-20(19)22;;/h9-14,16,22H,15H2,1-8H3;;/q;+1;-1. The van der Waals surface area contributed by atoms with Gasteiger partial charge in [-0.25, -0.2) is 0 Å². The second kappa shape index (κ2) is 6.89. The quantitative estimate of drug-likeness (QED) is 0.686. The Morgan fingerprint density at radius 2 is 1.38 bits per heavy atom. The fraction of sp³-hybridized carbons (Fsp3) is 0.520. The monoisotopic (exact) mass is 342 g/mol. The number of hydrogen-bond donors (Lipinski definition) is 0. The van der Waals surface area contributed by atoms with Crippen molar-refractivity contribution in [2.75, 3.05) is 0 Å². The van der Waals surface area contributed by atoms with Crippen LogP contribution in [0.5, 0.6) is 0 Å². The van der Waals surface area contributed by atoms with E-state index in [1.165, 1.54) is 16.7 Å². The molecule has 26 heavy (non-hydrogen) atoms. The molecule has 0 radical (unpaired) electrons. The van der Waals surface area contributed by atoms with Gasteiger partial charge in [0.2, 0.25) is 0 Å². The Labute approximate surface area is 174 Å². The summed E-state index contributed by atoms with van der Waals surface area (Å²) in [4.78, 5) is 0. The predicted octanol–water partition coefficient (Wildman–Crippen LogP) is 4.66. The van der Waals surface area contributed by atoms with Crippen LogP contribution in [0.25, 0.3) is 5.57 Å². The van der Waals surface area contributed by atoms with Crippen molar-refractivity contribution < 1.29 is 20.3 Å². The van der Waals surface area contributed by atoms with Crippen LogP contribution in [0.15, 0.2) is 53.6 Å². The minimum Gasteiger partial charge on any atom is -1.00 e. The number of allylic oxidation sites excluding steroid dienone is 6. The van der Waals surface area contributed by atoms with Gasteiger partial charge in [-0.3, -0.25) is 0 Å². The molecule has 0 nitrogen and oxygen atoms in total. The number of hydrogen-bond acceptors (Lipinski definition) is 0. The van der Waals surface area contributed by atoms with Gasteiger partial charge in [0.1, 0.15) is 0 Å². The molecule has 1 atom stereocenters. The van der Waals surface area contributed by atoms with E-state index in [0.29, 0.717) is 5.92 Å². The molecule has 0 aliphatic heterocycles. The van der Waals surface area contributed by atoms with E-state index in [0.717, 1.165) is 6.42 Å². The van der Waals surface area contributed by atoms with Crippen LogP contribution >= 0.6 is 0 Å². The zero-order valence-corrected chi connectivity index (χ0v) is 18.3. The van der Waals surface area contributed by atoms with E-state index in [1.54, 1.807) is 11.1 Å². The SMILES string of the molecule is CC(C)(C)C1=CC=C(C(C)(C)C2C=C(C(C)(C)C)c3ccccc32)C1.[H-].[Li+]. The molecule has 0 fully saturated rings. The fourth-order valence-corrected chi connectivity index (χ4v) is 4.29. The van der Waals surface area contributed by atoms with Crippen molar-refractivity contribution in [1.82, 2.24) is 0 Å². The van der Waals surface area contributed by atoms with E-state index < -0.39 is 0 Å². The normalized spacial score (nSPS) is 20.2. The van der Waals surface area contributed by atoms with Crippen LogP contribution in [0, 0.1) is 16.2 Å². The number of rotatable bonds is 2. The molecule has 2 aliphatic rings. The Bertz CT molecular complexity index is 779. The van der Waals surface area contributed by atoms with E-state index in [1.807, 2.05) is 0 Å². The molecule has 0 amide bonds. The summed E-state index contributed by atoms with van der Waals surface area (Å²) >= 11 is 0. The summed E-state index contributed by atoms with van der Waals surface area (Å²) in [5.41, 5.74) is 8.16. The van der Waals surface area contributed by atoms with E-state index in [4.69, 9.17) is 0 Å². The first kappa shape index (κ1) is 21.3. The third-order valence-corrected chi connectivity index (χ3v) is 6.16. The maximum Gasteiger partial charge on any atom is 1.00 e. The topological polar surface area (TPSA) is 0 Å². The summed E-state index contributed by atoms with van der Waals surface area (Å²) in [6.45, 7) is 18.8. The molecule has 0 bridgehead atoms. The van der Waals surface area contributed by atoms with Crippen molar-refractivity contribution in [3.05, 3.63) is 64.8 Å². The van der Waals surface area contributed by atoms with Gasteiger partial charge in [-0.15, -0.1) is 0 Å². The number of benzene rings is 1. The molecule has 0 saturated carbocycles. The molecule has 0 spiro atoms. The summed E-state index contributed by atoms with van der Waals surface area (Å²) in [5.74, 6) is 0.455. The first-order valence-corrected chi connectivity index (χ1v) is 9.64. The third kappa shape index (κ3) is 3.69. The largest absolute Gasteiger partial charge is 1.00 e. The second-order valence-corrected chi connectivity index (χ2v) is 10.4. The molecule has 2 aliphatic carbocycles. The second-order valence-electron chi connectivity index (χ2n) is 10.4. The molecular weight excluding hydrogens is 307 g/mol. The van der Waals surface area contributed by atoms with Crippen LogP contribution in [-0.4, -0.2) is 0 Å². The molecular formula is C25H35Li. The van der Waals surface area contributed by atoms with Crippen molar-refractivity contribution in [2.45, 2.75) is 67.7 Å². The van der Waals surface area contributed by atoms with Crippen molar-refractivity contribution in [3.8, 4) is 0 Å². The van der Waals surface area contributed by atoms with Crippen LogP contribution in [0.1, 0.15) is 80.3 Å². The molecule has 0 aromatic heterocycles. The Hall–Kier alpha value is -0.963. The van der Waals surface area contributed by atoms with Gasteiger partial charge in [-0.2, -0.15) is 0 Å². The van der Waals surface area contributed by atoms with Crippen molar-refractivity contribution >= 4 is 5.57 Å². The Morgan fingerprint density at radius 1 is 0.808 bits per heavy atom. The van der Waals surface area contributed by atoms with Crippen LogP contribution in [0.4, 0.5) is 0 Å². The zero-order chi connectivity index (χ0) is 18.6. The van der Waals surface area contributed by atoms with Crippen LogP contribution in [0.2, 0.25) is 0 Å². The summed E-state index contributed by atoms with van der Waals surface area (Å²) < 4.78 is 0. The van der Waals surface area contributed by atoms with Gasteiger partial charge in [-0.05, 0) is 39.4 Å². The minimum atomic E-state index is 0. The Balaban J connectivity index is 0.00000182. The van der Waals surface area contributed by atoms with E-state index in [2.05, 4.69) is 97.9 Å². The predicted molar refractivity (Wildman–Crippen MR) is 112 cm³/mol. The third-order valence-electron chi connectivity index (χ3n) is 6.16. The molecule has 1 heteroatoms. The van der Waals surface area contributed by atoms with Crippen molar-refractivity contribution in [2.24, 2.45) is 16.2 Å². The maximum atomic E-state index is 2.56. The van der Waals surface area contributed by atoms with Crippen molar-refractivity contribution in [3.63, 3.8) is 0 Å². The molecule has 1 aromatic carbocycles. The Morgan fingerprint density at radius 3 is 1.92 bits per heavy atom. The minimum absolute atomic E-state index is 0. The van der Waals surface area contributed by atoms with Gasteiger partial charge in [-0.1, -0.05) is 109 Å². The van der Waals surface area contributed by atoms with Gasteiger partial charge in [0.05, 0.1) is 0 Å². The van der Waals surface area contributed by atoms with Gasteiger partial charge in [0.15, 0.2) is 0 Å².